The van der Waals surface area contributed by atoms with E-state index in [2.05, 4.69) is 19.2 Å². The standard InChI is InChI=1S/C17H27NO3/c1-7-13(2,3)11(19)18-10-16-8-9-17(16)14(4,5)15(17,6)12(20)21-16/h7-10H2,1-6H3,(H,18,19). The van der Waals surface area contributed by atoms with Gasteiger partial charge in [0.15, 0.2) is 0 Å². The third-order valence-corrected chi connectivity index (χ3v) is 7.52. The maximum atomic E-state index is 12.4. The fraction of sp³-hybridized carbons (Fsp3) is 0.882. The van der Waals surface area contributed by atoms with Crippen LogP contribution >= 0.6 is 0 Å². The van der Waals surface area contributed by atoms with Crippen LogP contribution in [0.15, 0.2) is 0 Å². The monoisotopic (exact) mass is 293 g/mol. The van der Waals surface area contributed by atoms with E-state index >= 15 is 0 Å². The minimum Gasteiger partial charge on any atom is -0.456 e. The van der Waals surface area contributed by atoms with Crippen LogP contribution < -0.4 is 5.32 Å². The first-order chi connectivity index (χ1) is 9.52. The molecule has 3 aliphatic rings. The summed E-state index contributed by atoms with van der Waals surface area (Å²) in [6.07, 6.45) is 2.68. The van der Waals surface area contributed by atoms with Gasteiger partial charge in [0.05, 0.1) is 12.0 Å². The van der Waals surface area contributed by atoms with Crippen LogP contribution in [-0.4, -0.2) is 24.0 Å². The molecule has 1 N–H and O–H groups in total. The van der Waals surface area contributed by atoms with Gasteiger partial charge >= 0.3 is 5.97 Å². The molecule has 3 rings (SSSR count). The van der Waals surface area contributed by atoms with Crippen molar-refractivity contribution in [2.45, 2.75) is 66.4 Å². The van der Waals surface area contributed by atoms with Gasteiger partial charge in [0.1, 0.15) is 5.60 Å². The number of ether oxygens (including phenoxy) is 1. The number of carbonyl (C=O) groups is 2. The molecule has 2 aliphatic carbocycles. The van der Waals surface area contributed by atoms with E-state index in [0.29, 0.717) is 6.54 Å². The van der Waals surface area contributed by atoms with Crippen molar-refractivity contribution in [3.8, 4) is 0 Å². The van der Waals surface area contributed by atoms with Crippen molar-refractivity contribution in [2.24, 2.45) is 21.7 Å². The van der Waals surface area contributed by atoms with E-state index in [0.717, 1.165) is 19.3 Å². The Morgan fingerprint density at radius 3 is 2.33 bits per heavy atom. The second kappa shape index (κ2) is 3.64. The second-order valence-electron chi connectivity index (χ2n) is 8.46. The zero-order valence-electron chi connectivity index (χ0n) is 14.1. The molecular formula is C17H27NO3. The van der Waals surface area contributed by atoms with Crippen molar-refractivity contribution < 1.29 is 14.3 Å². The molecule has 1 amide bonds. The smallest absolute Gasteiger partial charge is 0.313 e. The number of amides is 1. The first-order valence-corrected chi connectivity index (χ1v) is 8.04. The van der Waals surface area contributed by atoms with Gasteiger partial charge in [0.25, 0.3) is 0 Å². The van der Waals surface area contributed by atoms with Crippen LogP contribution in [0.1, 0.15) is 60.8 Å². The van der Waals surface area contributed by atoms with E-state index < -0.39 is 5.60 Å². The molecule has 0 radical (unpaired) electrons. The first kappa shape index (κ1) is 14.9. The molecular weight excluding hydrogens is 266 g/mol. The number of hydrogen-bond acceptors (Lipinski definition) is 3. The highest BCUT2D eigenvalue weighted by Gasteiger charge is 2.97. The highest BCUT2D eigenvalue weighted by Crippen LogP contribution is 2.92. The fourth-order valence-electron chi connectivity index (χ4n) is 5.18. The topological polar surface area (TPSA) is 55.4 Å². The predicted molar refractivity (Wildman–Crippen MR) is 79.5 cm³/mol. The molecule has 2 saturated carbocycles. The molecule has 1 spiro atoms. The van der Waals surface area contributed by atoms with Crippen LogP contribution in [-0.2, 0) is 14.3 Å². The Balaban J connectivity index is 1.79. The zero-order chi connectivity index (χ0) is 15.9. The zero-order valence-corrected chi connectivity index (χ0v) is 14.1. The molecule has 1 saturated heterocycles. The van der Waals surface area contributed by atoms with Gasteiger partial charge in [-0.2, -0.15) is 0 Å². The largest absolute Gasteiger partial charge is 0.456 e. The van der Waals surface area contributed by atoms with Crippen LogP contribution in [0.4, 0.5) is 0 Å². The van der Waals surface area contributed by atoms with Gasteiger partial charge in [-0.25, -0.2) is 0 Å². The molecule has 1 aliphatic heterocycles. The Morgan fingerprint density at radius 2 is 1.90 bits per heavy atom. The first-order valence-electron chi connectivity index (χ1n) is 8.04. The molecule has 1 heterocycles. The molecule has 118 valence electrons. The molecule has 3 fully saturated rings. The van der Waals surface area contributed by atoms with Gasteiger partial charge in [0, 0.05) is 10.8 Å². The van der Waals surface area contributed by atoms with Crippen LogP contribution in [0.25, 0.3) is 0 Å². The minimum atomic E-state index is -0.470. The quantitative estimate of drug-likeness (QED) is 0.811. The average molecular weight is 293 g/mol. The van der Waals surface area contributed by atoms with E-state index in [1.807, 2.05) is 27.7 Å². The van der Waals surface area contributed by atoms with Gasteiger partial charge in [-0.3, -0.25) is 9.59 Å². The summed E-state index contributed by atoms with van der Waals surface area (Å²) in [6, 6.07) is 0. The predicted octanol–water partition coefficient (Wildman–Crippen LogP) is 2.66. The van der Waals surface area contributed by atoms with Crippen LogP contribution in [0.5, 0.6) is 0 Å². The Bertz CT molecular complexity index is 538. The van der Waals surface area contributed by atoms with Crippen LogP contribution in [0.2, 0.25) is 0 Å². The van der Waals surface area contributed by atoms with Crippen molar-refractivity contribution in [3.05, 3.63) is 0 Å². The third kappa shape index (κ3) is 1.25. The molecule has 0 bridgehead atoms. The maximum Gasteiger partial charge on any atom is 0.313 e. The van der Waals surface area contributed by atoms with E-state index in [1.165, 1.54) is 0 Å². The second-order valence-corrected chi connectivity index (χ2v) is 8.46. The Kier molecular flexibility index (Phi) is 2.57. The van der Waals surface area contributed by atoms with Crippen molar-refractivity contribution in [1.29, 1.82) is 0 Å². The van der Waals surface area contributed by atoms with E-state index in [9.17, 15) is 9.59 Å². The third-order valence-electron chi connectivity index (χ3n) is 7.52. The summed E-state index contributed by atoms with van der Waals surface area (Å²) in [5.41, 5.74) is -1.32. The highest BCUT2D eigenvalue weighted by molar-refractivity contribution is 5.90. The lowest BCUT2D eigenvalue weighted by Crippen LogP contribution is -2.59. The lowest BCUT2D eigenvalue weighted by Gasteiger charge is -2.49. The molecule has 21 heavy (non-hydrogen) atoms. The molecule has 0 aromatic rings. The van der Waals surface area contributed by atoms with Gasteiger partial charge in [-0.05, 0) is 31.6 Å². The molecule has 3 atom stereocenters. The van der Waals surface area contributed by atoms with Crippen molar-refractivity contribution in [3.63, 3.8) is 0 Å². The molecule has 0 aromatic carbocycles. The number of rotatable bonds is 4. The Hall–Kier alpha value is -1.06. The SMILES string of the molecule is CCC(C)(C)C(=O)NCC12CCC13C(C)(C)C3(C)C(=O)O2. The Morgan fingerprint density at radius 1 is 1.29 bits per heavy atom. The van der Waals surface area contributed by atoms with Gasteiger partial charge in [-0.15, -0.1) is 0 Å². The van der Waals surface area contributed by atoms with Crippen molar-refractivity contribution in [2.75, 3.05) is 6.54 Å². The summed E-state index contributed by atoms with van der Waals surface area (Å²) in [7, 11) is 0. The van der Waals surface area contributed by atoms with E-state index in [-0.39, 0.29) is 33.5 Å². The number of carbonyl (C=O) groups excluding carboxylic acids is 2. The lowest BCUT2D eigenvalue weighted by atomic mass is 9.61. The molecule has 4 heteroatoms. The summed E-state index contributed by atoms with van der Waals surface area (Å²) < 4.78 is 5.78. The average Bonchev–Trinajstić information content (AvgIpc) is 2.78. The van der Waals surface area contributed by atoms with Crippen molar-refractivity contribution in [1.82, 2.24) is 5.32 Å². The number of nitrogens with one attached hydrogen (secondary N) is 1. The fourth-order valence-corrected chi connectivity index (χ4v) is 5.18. The van der Waals surface area contributed by atoms with Crippen molar-refractivity contribution >= 4 is 11.9 Å². The summed E-state index contributed by atoms with van der Waals surface area (Å²) in [5.74, 6) is -0.0291. The summed E-state index contributed by atoms with van der Waals surface area (Å²) in [5, 5.41) is 3.05. The lowest BCUT2D eigenvalue weighted by molar-refractivity contribution is -0.176. The highest BCUT2D eigenvalue weighted by atomic mass is 16.6. The molecule has 3 unspecified atom stereocenters. The number of esters is 1. The molecule has 0 aromatic heterocycles. The van der Waals surface area contributed by atoms with Gasteiger partial charge < -0.3 is 10.1 Å². The number of hydrogen-bond donors (Lipinski definition) is 1. The van der Waals surface area contributed by atoms with Gasteiger partial charge in [-0.1, -0.05) is 34.6 Å². The van der Waals surface area contributed by atoms with E-state index in [4.69, 9.17) is 4.74 Å². The van der Waals surface area contributed by atoms with Crippen LogP contribution in [0, 0.1) is 21.7 Å². The van der Waals surface area contributed by atoms with Gasteiger partial charge in [0.2, 0.25) is 5.91 Å². The summed E-state index contributed by atoms with van der Waals surface area (Å²) in [6.45, 7) is 12.7. The normalized spacial score (nSPS) is 42.5. The minimum absolute atomic E-state index is 0.0292. The van der Waals surface area contributed by atoms with Crippen LogP contribution in [0.3, 0.4) is 0 Å². The van der Waals surface area contributed by atoms with E-state index in [1.54, 1.807) is 0 Å². The summed E-state index contributed by atoms with van der Waals surface area (Å²) in [4.78, 5) is 24.7. The summed E-state index contributed by atoms with van der Waals surface area (Å²) >= 11 is 0. The maximum absolute atomic E-state index is 12.4. The molecule has 4 nitrogen and oxygen atoms in total. The Labute approximate surface area is 127 Å².